The summed E-state index contributed by atoms with van der Waals surface area (Å²) in [6, 6.07) is 23.8. The predicted octanol–water partition coefficient (Wildman–Crippen LogP) is 3.42. The summed E-state index contributed by atoms with van der Waals surface area (Å²) < 4.78 is 11.1. The van der Waals surface area contributed by atoms with Gasteiger partial charge in [-0.15, -0.1) is 0 Å². The van der Waals surface area contributed by atoms with Crippen LogP contribution < -0.4 is 19.7 Å². The van der Waals surface area contributed by atoms with Crippen molar-refractivity contribution in [2.75, 3.05) is 18.6 Å². The topological polar surface area (TPSA) is 67.9 Å². The van der Waals surface area contributed by atoms with Crippen LogP contribution in [-0.2, 0) is 11.3 Å². The quantitative estimate of drug-likeness (QED) is 0.710. The minimum Gasteiger partial charge on any atom is -0.497 e. The molecule has 0 radical (unpaired) electrons. The van der Waals surface area contributed by atoms with Crippen molar-refractivity contribution in [3.05, 3.63) is 90.0 Å². The van der Waals surface area contributed by atoms with Gasteiger partial charge < -0.3 is 19.7 Å². The molecule has 0 fully saturated rings. The number of fused-ring (bicyclic) bond motifs is 1. The molecule has 1 atom stereocenters. The normalized spacial score (nSPS) is 15.0. The smallest absolute Gasteiger partial charge is 0.263 e. The number of ether oxygens (including phenoxy) is 2. The zero-order chi connectivity index (χ0) is 20.9. The lowest BCUT2D eigenvalue weighted by Crippen LogP contribution is -2.50. The number of methoxy groups -OCH3 is 1. The van der Waals surface area contributed by atoms with Crippen LogP contribution in [0.4, 0.5) is 5.69 Å². The Morgan fingerprint density at radius 2 is 1.70 bits per heavy atom. The number of nitrogens with zero attached hydrogens (tertiary/aromatic N) is 1. The van der Waals surface area contributed by atoms with Crippen molar-refractivity contribution >= 4 is 17.5 Å². The van der Waals surface area contributed by atoms with E-state index in [1.807, 2.05) is 48.5 Å². The van der Waals surface area contributed by atoms with Crippen LogP contribution in [0.2, 0.25) is 0 Å². The van der Waals surface area contributed by atoms with Gasteiger partial charge in [0.2, 0.25) is 0 Å². The Labute approximate surface area is 175 Å². The molecule has 1 N–H and O–H groups in total. The van der Waals surface area contributed by atoms with E-state index in [0.717, 1.165) is 5.56 Å². The van der Waals surface area contributed by atoms with Crippen LogP contribution in [0.5, 0.6) is 11.5 Å². The van der Waals surface area contributed by atoms with Crippen molar-refractivity contribution < 1.29 is 19.1 Å². The fourth-order valence-electron chi connectivity index (χ4n) is 3.35. The molecule has 6 heteroatoms. The van der Waals surface area contributed by atoms with Gasteiger partial charge in [0.05, 0.1) is 19.3 Å². The van der Waals surface area contributed by atoms with E-state index >= 15 is 0 Å². The number of hydrogen-bond donors (Lipinski definition) is 1. The summed E-state index contributed by atoms with van der Waals surface area (Å²) in [5.41, 5.74) is 2.15. The number of amides is 2. The third-order valence-electron chi connectivity index (χ3n) is 4.96. The van der Waals surface area contributed by atoms with E-state index in [1.165, 1.54) is 0 Å². The molecule has 3 aromatic carbocycles. The molecule has 0 aliphatic carbocycles. The van der Waals surface area contributed by atoms with E-state index in [0.29, 0.717) is 29.3 Å². The predicted molar refractivity (Wildman–Crippen MR) is 114 cm³/mol. The molecular formula is C24H22N2O4. The van der Waals surface area contributed by atoms with Crippen LogP contribution in [0.15, 0.2) is 78.9 Å². The Balaban J connectivity index is 1.54. The molecule has 1 unspecified atom stereocenters. The first-order valence-electron chi connectivity index (χ1n) is 9.69. The molecule has 0 saturated carbocycles. The van der Waals surface area contributed by atoms with Gasteiger partial charge in [-0.2, -0.15) is 0 Å². The van der Waals surface area contributed by atoms with Gasteiger partial charge in [-0.25, -0.2) is 0 Å². The van der Waals surface area contributed by atoms with E-state index in [-0.39, 0.29) is 18.4 Å². The van der Waals surface area contributed by atoms with E-state index in [9.17, 15) is 9.59 Å². The second-order valence-electron chi connectivity index (χ2n) is 6.92. The average molecular weight is 402 g/mol. The third kappa shape index (κ3) is 4.12. The van der Waals surface area contributed by atoms with Gasteiger partial charge in [0.15, 0.2) is 6.10 Å². The van der Waals surface area contributed by atoms with Crippen LogP contribution in [-0.4, -0.2) is 31.6 Å². The van der Waals surface area contributed by atoms with Gasteiger partial charge in [0.25, 0.3) is 11.8 Å². The Kier molecular flexibility index (Phi) is 5.66. The SMILES string of the molecule is COc1ccc(C(=O)N2CC(C(=O)NCc3ccccc3)Oc3ccccc32)cc1. The van der Waals surface area contributed by atoms with Crippen LogP contribution >= 0.6 is 0 Å². The second-order valence-corrected chi connectivity index (χ2v) is 6.92. The van der Waals surface area contributed by atoms with Crippen LogP contribution in [0, 0.1) is 0 Å². The monoisotopic (exact) mass is 402 g/mol. The molecule has 152 valence electrons. The van der Waals surface area contributed by atoms with Crippen molar-refractivity contribution in [2.45, 2.75) is 12.6 Å². The first-order valence-corrected chi connectivity index (χ1v) is 9.69. The van der Waals surface area contributed by atoms with Crippen LogP contribution in [0.1, 0.15) is 15.9 Å². The van der Waals surface area contributed by atoms with Crippen LogP contribution in [0.3, 0.4) is 0 Å². The summed E-state index contributed by atoms with van der Waals surface area (Å²) in [4.78, 5) is 27.6. The Morgan fingerprint density at radius 3 is 2.43 bits per heavy atom. The molecule has 1 aliphatic rings. The molecule has 3 aromatic rings. The minimum absolute atomic E-state index is 0.127. The summed E-state index contributed by atoms with van der Waals surface area (Å²) in [7, 11) is 1.58. The van der Waals surface area contributed by atoms with E-state index in [2.05, 4.69) is 5.32 Å². The molecule has 30 heavy (non-hydrogen) atoms. The summed E-state index contributed by atoms with van der Waals surface area (Å²) in [6.07, 6.45) is -0.800. The van der Waals surface area contributed by atoms with E-state index in [4.69, 9.17) is 9.47 Å². The zero-order valence-corrected chi connectivity index (χ0v) is 16.6. The number of carbonyl (C=O) groups excluding carboxylic acids is 2. The summed E-state index contributed by atoms with van der Waals surface area (Å²) in [5.74, 6) is 0.715. The Hall–Kier alpha value is -3.80. The molecular weight excluding hydrogens is 380 g/mol. The lowest BCUT2D eigenvalue weighted by molar-refractivity contribution is -0.127. The van der Waals surface area contributed by atoms with Crippen molar-refractivity contribution in [3.63, 3.8) is 0 Å². The highest BCUT2D eigenvalue weighted by Crippen LogP contribution is 2.34. The Bertz CT molecular complexity index is 1030. The van der Waals surface area contributed by atoms with E-state index < -0.39 is 6.10 Å². The second kappa shape index (κ2) is 8.69. The molecule has 1 heterocycles. The van der Waals surface area contributed by atoms with Gasteiger partial charge in [-0.05, 0) is 42.0 Å². The lowest BCUT2D eigenvalue weighted by atomic mass is 10.1. The highest BCUT2D eigenvalue weighted by atomic mass is 16.5. The van der Waals surface area contributed by atoms with Crippen molar-refractivity contribution in [1.82, 2.24) is 5.32 Å². The van der Waals surface area contributed by atoms with Gasteiger partial charge in [0, 0.05) is 12.1 Å². The largest absolute Gasteiger partial charge is 0.497 e. The fraction of sp³-hybridized carbons (Fsp3) is 0.167. The number of hydrogen-bond acceptors (Lipinski definition) is 4. The first-order chi connectivity index (χ1) is 14.7. The van der Waals surface area contributed by atoms with Gasteiger partial charge in [-0.3, -0.25) is 9.59 Å². The molecule has 2 amide bonds. The number of rotatable bonds is 5. The van der Waals surface area contributed by atoms with Crippen LogP contribution in [0.25, 0.3) is 0 Å². The van der Waals surface area contributed by atoms with Crippen molar-refractivity contribution in [1.29, 1.82) is 0 Å². The maximum absolute atomic E-state index is 13.2. The average Bonchev–Trinajstić information content (AvgIpc) is 2.82. The van der Waals surface area contributed by atoms with Gasteiger partial charge in [-0.1, -0.05) is 42.5 Å². The molecule has 6 nitrogen and oxygen atoms in total. The number of anilines is 1. The lowest BCUT2D eigenvalue weighted by Gasteiger charge is -2.34. The number of benzene rings is 3. The highest BCUT2D eigenvalue weighted by Gasteiger charge is 2.34. The number of nitrogens with one attached hydrogen (secondary N) is 1. The molecule has 0 bridgehead atoms. The fourth-order valence-corrected chi connectivity index (χ4v) is 3.35. The van der Waals surface area contributed by atoms with Crippen molar-refractivity contribution in [2.24, 2.45) is 0 Å². The third-order valence-corrected chi connectivity index (χ3v) is 4.96. The summed E-state index contributed by atoms with van der Waals surface area (Å²) in [6.45, 7) is 0.524. The van der Waals surface area contributed by atoms with Crippen molar-refractivity contribution in [3.8, 4) is 11.5 Å². The molecule has 0 saturated heterocycles. The maximum Gasteiger partial charge on any atom is 0.263 e. The molecule has 4 rings (SSSR count). The molecule has 0 aromatic heterocycles. The number of para-hydroxylation sites is 2. The molecule has 0 spiro atoms. The van der Waals surface area contributed by atoms with E-state index in [1.54, 1.807) is 42.3 Å². The highest BCUT2D eigenvalue weighted by molar-refractivity contribution is 6.08. The first kappa shape index (κ1) is 19.5. The summed E-state index contributed by atoms with van der Waals surface area (Å²) in [5, 5.41) is 2.90. The van der Waals surface area contributed by atoms with Gasteiger partial charge in [0.1, 0.15) is 11.5 Å². The molecule has 1 aliphatic heterocycles. The maximum atomic E-state index is 13.2. The standard InChI is InChI=1S/C24H22N2O4/c1-29-19-13-11-18(12-14-19)24(28)26-16-22(30-21-10-6-5-9-20(21)26)23(27)25-15-17-7-3-2-4-8-17/h2-14,22H,15-16H2,1H3,(H,25,27). The number of carbonyl (C=O) groups is 2. The Morgan fingerprint density at radius 1 is 1.00 bits per heavy atom. The zero-order valence-electron chi connectivity index (χ0n) is 16.6. The minimum atomic E-state index is -0.800. The van der Waals surface area contributed by atoms with Gasteiger partial charge >= 0.3 is 0 Å². The summed E-state index contributed by atoms with van der Waals surface area (Å²) >= 11 is 0.